The molecule has 0 bridgehead atoms. The summed E-state index contributed by atoms with van der Waals surface area (Å²) in [4.78, 5) is 37.7. The fourth-order valence-electron chi connectivity index (χ4n) is 4.50. The lowest BCUT2D eigenvalue weighted by Crippen LogP contribution is -2.56. The van der Waals surface area contributed by atoms with E-state index in [1.165, 1.54) is 24.2 Å². The number of rotatable bonds is 9. The molecule has 0 spiro atoms. The molecule has 0 atom stereocenters. The Hall–Kier alpha value is -1.79. The number of unbranched alkanes of at least 4 members (excludes halogenated alkanes) is 2. The first-order valence-corrected chi connectivity index (χ1v) is 11.0. The van der Waals surface area contributed by atoms with E-state index in [0.717, 1.165) is 44.9 Å². The van der Waals surface area contributed by atoms with Crippen LogP contribution in [0.15, 0.2) is 0 Å². The largest absolute Gasteiger partial charge is 0.479 e. The van der Waals surface area contributed by atoms with Crippen molar-refractivity contribution in [2.24, 2.45) is 0 Å². The van der Waals surface area contributed by atoms with Crippen molar-refractivity contribution in [1.29, 1.82) is 0 Å². The highest BCUT2D eigenvalue weighted by molar-refractivity contribution is 5.87. The molecule has 160 valence electrons. The second kappa shape index (κ2) is 11.3. The molecule has 0 aromatic carbocycles. The van der Waals surface area contributed by atoms with Crippen LogP contribution < -0.4 is 10.6 Å². The van der Waals surface area contributed by atoms with E-state index in [9.17, 15) is 19.5 Å². The number of carbonyl (C=O) groups excluding carboxylic acids is 2. The van der Waals surface area contributed by atoms with Crippen molar-refractivity contribution in [3.05, 3.63) is 0 Å². The first-order chi connectivity index (χ1) is 13.5. The van der Waals surface area contributed by atoms with Crippen LogP contribution in [0.4, 0.5) is 4.79 Å². The third-order valence-electron chi connectivity index (χ3n) is 6.39. The summed E-state index contributed by atoms with van der Waals surface area (Å²) in [5, 5.41) is 15.6. The summed E-state index contributed by atoms with van der Waals surface area (Å²) in [5.74, 6) is -0.969. The average Bonchev–Trinajstić information content (AvgIpc) is 2.71. The standard InChI is InChI=1S/C21H37N3O4/c1-24(21(19(26)27)14-8-4-9-15-21)18(25)13-7-3-10-16-22-20(28)23-17-11-5-2-6-12-17/h17H,2-16H2,1H3,(H,26,27)(H2,22,23,28). The number of hydrogen-bond donors (Lipinski definition) is 3. The summed E-state index contributed by atoms with van der Waals surface area (Å²) in [7, 11) is 1.64. The lowest BCUT2D eigenvalue weighted by molar-refractivity contribution is -0.160. The number of aliphatic carboxylic acids is 1. The van der Waals surface area contributed by atoms with Gasteiger partial charge in [0.05, 0.1) is 0 Å². The molecule has 0 unspecified atom stereocenters. The van der Waals surface area contributed by atoms with Crippen molar-refractivity contribution < 1.29 is 19.5 Å². The maximum absolute atomic E-state index is 12.5. The zero-order chi connectivity index (χ0) is 20.4. The number of carbonyl (C=O) groups is 3. The van der Waals surface area contributed by atoms with Crippen LogP contribution in [0.5, 0.6) is 0 Å². The van der Waals surface area contributed by atoms with Crippen molar-refractivity contribution in [1.82, 2.24) is 15.5 Å². The van der Waals surface area contributed by atoms with Gasteiger partial charge < -0.3 is 20.6 Å². The summed E-state index contributed by atoms with van der Waals surface area (Å²) < 4.78 is 0. The number of hydrogen-bond acceptors (Lipinski definition) is 3. The van der Waals surface area contributed by atoms with E-state index in [4.69, 9.17) is 0 Å². The Morgan fingerprint density at radius 2 is 1.61 bits per heavy atom. The quantitative estimate of drug-likeness (QED) is 0.521. The van der Waals surface area contributed by atoms with Crippen molar-refractivity contribution >= 4 is 17.9 Å². The average molecular weight is 396 g/mol. The molecule has 0 aromatic rings. The Labute approximate surface area is 168 Å². The molecule has 0 aromatic heterocycles. The minimum Gasteiger partial charge on any atom is -0.479 e. The summed E-state index contributed by atoms with van der Waals surface area (Å²) in [6.07, 6.45) is 12.4. The maximum Gasteiger partial charge on any atom is 0.329 e. The molecule has 7 nitrogen and oxygen atoms in total. The Bertz CT molecular complexity index is 526. The Morgan fingerprint density at radius 3 is 2.25 bits per heavy atom. The van der Waals surface area contributed by atoms with Gasteiger partial charge in [-0.2, -0.15) is 0 Å². The molecular formula is C21H37N3O4. The number of nitrogens with one attached hydrogen (secondary N) is 2. The third-order valence-corrected chi connectivity index (χ3v) is 6.39. The number of likely N-dealkylation sites (N-methyl/N-ethyl adjacent to an activating group) is 1. The van der Waals surface area contributed by atoms with Crippen LogP contribution in [0.1, 0.15) is 89.9 Å². The number of urea groups is 1. The van der Waals surface area contributed by atoms with E-state index in [-0.39, 0.29) is 11.9 Å². The highest BCUT2D eigenvalue weighted by Crippen LogP contribution is 2.33. The van der Waals surface area contributed by atoms with Gasteiger partial charge in [-0.1, -0.05) is 44.9 Å². The van der Waals surface area contributed by atoms with Crippen LogP contribution in [0.3, 0.4) is 0 Å². The maximum atomic E-state index is 12.5. The van der Waals surface area contributed by atoms with E-state index in [1.54, 1.807) is 7.05 Å². The van der Waals surface area contributed by atoms with E-state index in [1.807, 2.05) is 0 Å². The Kier molecular flexibility index (Phi) is 9.06. The van der Waals surface area contributed by atoms with Crippen LogP contribution in [-0.4, -0.2) is 53.1 Å². The van der Waals surface area contributed by atoms with Gasteiger partial charge in [-0.3, -0.25) is 4.79 Å². The highest BCUT2D eigenvalue weighted by Gasteiger charge is 2.45. The summed E-state index contributed by atoms with van der Waals surface area (Å²) >= 11 is 0. The molecule has 0 radical (unpaired) electrons. The molecule has 0 heterocycles. The van der Waals surface area contributed by atoms with Crippen LogP contribution >= 0.6 is 0 Å². The predicted octanol–water partition coefficient (Wildman–Crippen LogP) is 3.42. The van der Waals surface area contributed by atoms with Crippen LogP contribution in [0.2, 0.25) is 0 Å². The fourth-order valence-corrected chi connectivity index (χ4v) is 4.50. The summed E-state index contributed by atoms with van der Waals surface area (Å²) in [6.45, 7) is 0.599. The Balaban J connectivity index is 1.60. The van der Waals surface area contributed by atoms with Gasteiger partial charge in [-0.15, -0.1) is 0 Å². The van der Waals surface area contributed by atoms with E-state index >= 15 is 0 Å². The summed E-state index contributed by atoms with van der Waals surface area (Å²) in [6, 6.07) is 0.215. The normalized spacial score (nSPS) is 19.6. The number of carboxylic acid groups (broad SMARTS) is 1. The van der Waals surface area contributed by atoms with Crippen molar-refractivity contribution in [2.45, 2.75) is 101 Å². The lowest BCUT2D eigenvalue weighted by atomic mass is 9.80. The first-order valence-electron chi connectivity index (χ1n) is 11.0. The van der Waals surface area contributed by atoms with Crippen LogP contribution in [0, 0.1) is 0 Å². The minimum absolute atomic E-state index is 0.0905. The first kappa shape index (κ1) is 22.5. The molecule has 2 aliphatic rings. The molecule has 3 N–H and O–H groups in total. The molecule has 2 saturated carbocycles. The van der Waals surface area contributed by atoms with Gasteiger partial charge in [-0.25, -0.2) is 9.59 Å². The molecule has 7 heteroatoms. The molecule has 2 rings (SSSR count). The van der Waals surface area contributed by atoms with Crippen molar-refractivity contribution in [3.63, 3.8) is 0 Å². The highest BCUT2D eigenvalue weighted by atomic mass is 16.4. The smallest absolute Gasteiger partial charge is 0.329 e. The van der Waals surface area contributed by atoms with E-state index < -0.39 is 11.5 Å². The van der Waals surface area contributed by atoms with E-state index in [2.05, 4.69) is 10.6 Å². The van der Waals surface area contributed by atoms with Gasteiger partial charge in [0.2, 0.25) is 5.91 Å². The monoisotopic (exact) mass is 395 g/mol. The van der Waals surface area contributed by atoms with Gasteiger partial charge >= 0.3 is 12.0 Å². The SMILES string of the molecule is CN(C(=O)CCCCCNC(=O)NC1CCCCC1)C1(C(=O)O)CCCCC1. The molecule has 3 amide bonds. The predicted molar refractivity (Wildman–Crippen MR) is 108 cm³/mol. The van der Waals surface area contributed by atoms with Crippen LogP contribution in [-0.2, 0) is 9.59 Å². The van der Waals surface area contributed by atoms with E-state index in [0.29, 0.717) is 38.3 Å². The number of carboxylic acids is 1. The number of amides is 3. The molecule has 2 fully saturated rings. The third kappa shape index (κ3) is 6.38. The molecule has 2 aliphatic carbocycles. The zero-order valence-electron chi connectivity index (χ0n) is 17.3. The molecule has 0 saturated heterocycles. The number of nitrogens with zero attached hydrogens (tertiary/aromatic N) is 1. The molecule has 0 aliphatic heterocycles. The summed E-state index contributed by atoms with van der Waals surface area (Å²) in [5.41, 5.74) is -1.02. The van der Waals surface area contributed by atoms with Gasteiger partial charge in [0.15, 0.2) is 0 Å². The lowest BCUT2D eigenvalue weighted by Gasteiger charge is -2.41. The Morgan fingerprint density at radius 1 is 0.964 bits per heavy atom. The van der Waals surface area contributed by atoms with Crippen molar-refractivity contribution in [2.75, 3.05) is 13.6 Å². The van der Waals surface area contributed by atoms with Crippen molar-refractivity contribution in [3.8, 4) is 0 Å². The van der Waals surface area contributed by atoms with Gasteiger partial charge in [0.25, 0.3) is 0 Å². The topological polar surface area (TPSA) is 98.7 Å². The minimum atomic E-state index is -1.02. The molecular weight excluding hydrogens is 358 g/mol. The van der Waals surface area contributed by atoms with Gasteiger partial charge in [0, 0.05) is 26.1 Å². The molecule has 28 heavy (non-hydrogen) atoms. The second-order valence-corrected chi connectivity index (χ2v) is 8.40. The van der Waals surface area contributed by atoms with Gasteiger partial charge in [-0.05, 0) is 38.5 Å². The van der Waals surface area contributed by atoms with Gasteiger partial charge in [0.1, 0.15) is 5.54 Å². The second-order valence-electron chi connectivity index (χ2n) is 8.40. The zero-order valence-corrected chi connectivity index (χ0v) is 17.3. The van der Waals surface area contributed by atoms with Crippen LogP contribution in [0.25, 0.3) is 0 Å². The fraction of sp³-hybridized carbons (Fsp3) is 0.857.